The minimum absolute atomic E-state index is 0.103. The Labute approximate surface area is 142 Å². The standard InChI is InChI=1S/C17H26N4O3/c1-18-16(20-13-17(8-3-9-17)10-11-24-2)19-12-14-4-6-15(7-5-14)21(22)23/h4-7H,3,8-13H2,1-2H3,(H2,18,19,20). The van der Waals surface area contributed by atoms with E-state index in [1.165, 1.54) is 31.4 Å². The number of nitro groups is 1. The summed E-state index contributed by atoms with van der Waals surface area (Å²) in [5, 5.41) is 17.3. The van der Waals surface area contributed by atoms with Crippen LogP contribution in [0.15, 0.2) is 29.3 Å². The highest BCUT2D eigenvalue weighted by atomic mass is 16.6. The van der Waals surface area contributed by atoms with Crippen molar-refractivity contribution in [2.75, 3.05) is 27.3 Å². The summed E-state index contributed by atoms with van der Waals surface area (Å²) in [5.41, 5.74) is 1.40. The average molecular weight is 334 g/mol. The molecule has 2 rings (SSSR count). The highest BCUT2D eigenvalue weighted by Crippen LogP contribution is 2.43. The van der Waals surface area contributed by atoms with Gasteiger partial charge in [0, 0.05) is 46.0 Å². The van der Waals surface area contributed by atoms with E-state index in [4.69, 9.17) is 4.74 Å². The number of nitrogens with one attached hydrogen (secondary N) is 2. The number of rotatable bonds is 8. The lowest BCUT2D eigenvalue weighted by atomic mass is 9.67. The molecule has 1 aliphatic carbocycles. The van der Waals surface area contributed by atoms with Crippen molar-refractivity contribution in [2.45, 2.75) is 32.2 Å². The summed E-state index contributed by atoms with van der Waals surface area (Å²) in [6.45, 7) is 2.25. The lowest BCUT2D eigenvalue weighted by Gasteiger charge is -2.42. The second-order valence-electron chi connectivity index (χ2n) is 6.30. The summed E-state index contributed by atoms with van der Waals surface area (Å²) in [6, 6.07) is 6.54. The van der Waals surface area contributed by atoms with Crippen molar-refractivity contribution in [3.63, 3.8) is 0 Å². The zero-order valence-corrected chi connectivity index (χ0v) is 14.4. The summed E-state index contributed by atoms with van der Waals surface area (Å²) in [5.74, 6) is 0.747. The summed E-state index contributed by atoms with van der Waals surface area (Å²) in [6.07, 6.45) is 4.79. The van der Waals surface area contributed by atoms with Gasteiger partial charge in [-0.3, -0.25) is 15.1 Å². The fourth-order valence-corrected chi connectivity index (χ4v) is 2.92. The Bertz CT molecular complexity index is 568. The van der Waals surface area contributed by atoms with Gasteiger partial charge in [0.1, 0.15) is 0 Å². The van der Waals surface area contributed by atoms with Gasteiger partial charge in [0.2, 0.25) is 0 Å². The van der Waals surface area contributed by atoms with Gasteiger partial charge >= 0.3 is 0 Å². The lowest BCUT2D eigenvalue weighted by Crippen LogP contribution is -2.46. The monoisotopic (exact) mass is 334 g/mol. The fraction of sp³-hybridized carbons (Fsp3) is 0.588. The van der Waals surface area contributed by atoms with Gasteiger partial charge in [-0.1, -0.05) is 18.6 Å². The number of methoxy groups -OCH3 is 1. The van der Waals surface area contributed by atoms with E-state index < -0.39 is 4.92 Å². The number of benzene rings is 1. The molecule has 1 fully saturated rings. The molecular formula is C17H26N4O3. The number of hydrogen-bond donors (Lipinski definition) is 2. The number of nitrogens with zero attached hydrogens (tertiary/aromatic N) is 2. The molecule has 24 heavy (non-hydrogen) atoms. The zero-order valence-electron chi connectivity index (χ0n) is 14.4. The van der Waals surface area contributed by atoms with E-state index in [2.05, 4.69) is 15.6 Å². The summed E-state index contributed by atoms with van der Waals surface area (Å²) in [7, 11) is 3.48. The van der Waals surface area contributed by atoms with Crippen LogP contribution in [0.5, 0.6) is 0 Å². The van der Waals surface area contributed by atoms with Crippen molar-refractivity contribution < 1.29 is 9.66 Å². The van der Waals surface area contributed by atoms with Gasteiger partial charge in [0.25, 0.3) is 5.69 Å². The third-order valence-corrected chi connectivity index (χ3v) is 4.71. The van der Waals surface area contributed by atoms with Gasteiger partial charge in [0.15, 0.2) is 5.96 Å². The normalized spacial score (nSPS) is 16.3. The van der Waals surface area contributed by atoms with Crippen LogP contribution < -0.4 is 10.6 Å². The molecule has 0 spiro atoms. The molecule has 0 heterocycles. The first-order chi connectivity index (χ1) is 11.6. The number of non-ortho nitro benzene ring substituents is 1. The lowest BCUT2D eigenvalue weighted by molar-refractivity contribution is -0.384. The Kier molecular flexibility index (Phi) is 6.54. The second kappa shape index (κ2) is 8.63. The van der Waals surface area contributed by atoms with Crippen molar-refractivity contribution in [2.24, 2.45) is 10.4 Å². The Morgan fingerprint density at radius 3 is 2.54 bits per heavy atom. The van der Waals surface area contributed by atoms with E-state index in [1.807, 2.05) is 0 Å². The molecule has 0 amide bonds. The van der Waals surface area contributed by atoms with Gasteiger partial charge in [0.05, 0.1) is 4.92 Å². The SMILES string of the molecule is CN=C(NCc1ccc([N+](=O)[O-])cc1)NCC1(CCOC)CCC1. The van der Waals surface area contributed by atoms with E-state index in [9.17, 15) is 10.1 Å². The van der Waals surface area contributed by atoms with Gasteiger partial charge < -0.3 is 15.4 Å². The first-order valence-electron chi connectivity index (χ1n) is 8.25. The summed E-state index contributed by atoms with van der Waals surface area (Å²) < 4.78 is 5.22. The third-order valence-electron chi connectivity index (χ3n) is 4.71. The molecule has 0 atom stereocenters. The van der Waals surface area contributed by atoms with E-state index in [0.29, 0.717) is 12.0 Å². The van der Waals surface area contributed by atoms with Gasteiger partial charge in [-0.15, -0.1) is 0 Å². The molecule has 1 aromatic carbocycles. The topological polar surface area (TPSA) is 88.8 Å². The highest BCUT2D eigenvalue weighted by Gasteiger charge is 2.36. The van der Waals surface area contributed by atoms with Crippen LogP contribution in [0.25, 0.3) is 0 Å². The summed E-state index contributed by atoms with van der Waals surface area (Å²) in [4.78, 5) is 14.5. The third kappa shape index (κ3) is 4.92. The van der Waals surface area contributed by atoms with Gasteiger partial charge in [-0.2, -0.15) is 0 Å². The van der Waals surface area contributed by atoms with Crippen molar-refractivity contribution in [3.05, 3.63) is 39.9 Å². The minimum atomic E-state index is -0.393. The number of aliphatic imine (C=N–C) groups is 1. The number of nitro benzene ring substituents is 1. The Morgan fingerprint density at radius 2 is 2.04 bits per heavy atom. The quantitative estimate of drug-likeness (QED) is 0.330. The largest absolute Gasteiger partial charge is 0.385 e. The van der Waals surface area contributed by atoms with Crippen LogP contribution in [0.1, 0.15) is 31.2 Å². The number of hydrogen-bond acceptors (Lipinski definition) is 4. The minimum Gasteiger partial charge on any atom is -0.385 e. The molecule has 1 aromatic rings. The average Bonchev–Trinajstić information content (AvgIpc) is 2.56. The fourth-order valence-electron chi connectivity index (χ4n) is 2.92. The van der Waals surface area contributed by atoms with E-state index in [1.54, 1.807) is 26.3 Å². The predicted octanol–water partition coefficient (Wildman–Crippen LogP) is 2.47. The first kappa shape index (κ1) is 18.2. The molecule has 1 aliphatic rings. The van der Waals surface area contributed by atoms with Crippen molar-refractivity contribution >= 4 is 11.6 Å². The maximum absolute atomic E-state index is 10.7. The van der Waals surface area contributed by atoms with Crippen molar-refractivity contribution in [1.82, 2.24) is 10.6 Å². The van der Waals surface area contributed by atoms with Crippen LogP contribution in [-0.2, 0) is 11.3 Å². The van der Waals surface area contributed by atoms with Crippen LogP contribution >= 0.6 is 0 Å². The van der Waals surface area contributed by atoms with E-state index >= 15 is 0 Å². The molecule has 7 heteroatoms. The maximum atomic E-state index is 10.7. The van der Waals surface area contributed by atoms with Crippen molar-refractivity contribution in [3.8, 4) is 0 Å². The molecule has 0 radical (unpaired) electrons. The summed E-state index contributed by atoms with van der Waals surface area (Å²) >= 11 is 0. The van der Waals surface area contributed by atoms with Crippen LogP contribution in [0.2, 0.25) is 0 Å². The number of guanidine groups is 1. The Balaban J connectivity index is 1.81. The first-order valence-corrected chi connectivity index (χ1v) is 8.25. The molecule has 0 aromatic heterocycles. The molecule has 132 valence electrons. The van der Waals surface area contributed by atoms with Crippen LogP contribution in [0.4, 0.5) is 5.69 Å². The number of ether oxygens (including phenoxy) is 1. The zero-order chi connectivity index (χ0) is 17.4. The van der Waals surface area contributed by atoms with Gasteiger partial charge in [-0.05, 0) is 30.2 Å². The molecule has 0 unspecified atom stereocenters. The van der Waals surface area contributed by atoms with Crippen LogP contribution in [-0.4, -0.2) is 38.2 Å². The Morgan fingerprint density at radius 1 is 1.33 bits per heavy atom. The molecule has 7 nitrogen and oxygen atoms in total. The van der Waals surface area contributed by atoms with Crippen LogP contribution in [0.3, 0.4) is 0 Å². The predicted molar refractivity (Wildman–Crippen MR) is 94.1 cm³/mol. The molecule has 1 saturated carbocycles. The second-order valence-corrected chi connectivity index (χ2v) is 6.30. The molecular weight excluding hydrogens is 308 g/mol. The van der Waals surface area contributed by atoms with Gasteiger partial charge in [-0.25, -0.2) is 0 Å². The molecule has 0 aliphatic heterocycles. The van der Waals surface area contributed by atoms with E-state index in [0.717, 1.165) is 31.1 Å². The smallest absolute Gasteiger partial charge is 0.269 e. The molecule has 2 N–H and O–H groups in total. The highest BCUT2D eigenvalue weighted by molar-refractivity contribution is 5.79. The molecule has 0 saturated heterocycles. The van der Waals surface area contributed by atoms with Crippen molar-refractivity contribution in [1.29, 1.82) is 0 Å². The molecule has 0 bridgehead atoms. The van der Waals surface area contributed by atoms with E-state index in [-0.39, 0.29) is 5.69 Å². The Hall–Kier alpha value is -2.15. The maximum Gasteiger partial charge on any atom is 0.269 e. The van der Waals surface area contributed by atoms with Crippen LogP contribution in [0, 0.1) is 15.5 Å².